The number of aryl methyl sites for hydroxylation is 2. The molecule has 0 bridgehead atoms. The Morgan fingerprint density at radius 1 is 1.36 bits per heavy atom. The monoisotopic (exact) mass is 152 g/mol. The van der Waals surface area contributed by atoms with Gasteiger partial charge >= 0.3 is 0 Å². The highest BCUT2D eigenvalue weighted by atomic mass is 16.6. The van der Waals surface area contributed by atoms with Gasteiger partial charge in [0, 0.05) is 0 Å². The second kappa shape index (κ2) is 3.39. The Morgan fingerprint density at radius 2 is 2.09 bits per heavy atom. The van der Waals surface area contributed by atoms with Crippen molar-refractivity contribution in [2.75, 3.05) is 6.79 Å². The van der Waals surface area contributed by atoms with Gasteiger partial charge in [0.15, 0.2) is 6.79 Å². The smallest absolute Gasteiger partial charge is 0.186 e. The number of aliphatic hydroxyl groups is 1. The molecule has 0 spiro atoms. The van der Waals surface area contributed by atoms with E-state index in [1.165, 1.54) is 5.56 Å². The molecular formula is C9H12O2. The van der Waals surface area contributed by atoms with Gasteiger partial charge in [-0.25, -0.2) is 0 Å². The van der Waals surface area contributed by atoms with Gasteiger partial charge in [-0.3, -0.25) is 0 Å². The van der Waals surface area contributed by atoms with Crippen molar-refractivity contribution in [1.82, 2.24) is 0 Å². The fourth-order valence-electron chi connectivity index (χ4n) is 1.03. The summed E-state index contributed by atoms with van der Waals surface area (Å²) in [7, 11) is 0. The second-order valence-electron chi connectivity index (χ2n) is 2.54. The number of aliphatic hydroxyl groups excluding tert-OH is 1. The van der Waals surface area contributed by atoms with Gasteiger partial charge in [0.25, 0.3) is 0 Å². The van der Waals surface area contributed by atoms with E-state index in [2.05, 4.69) is 0 Å². The molecule has 60 valence electrons. The summed E-state index contributed by atoms with van der Waals surface area (Å²) in [6.45, 7) is 3.72. The minimum atomic E-state index is -0.260. The summed E-state index contributed by atoms with van der Waals surface area (Å²) >= 11 is 0. The van der Waals surface area contributed by atoms with Crippen molar-refractivity contribution in [2.24, 2.45) is 0 Å². The largest absolute Gasteiger partial charge is 0.467 e. The molecule has 0 fully saturated rings. The van der Waals surface area contributed by atoms with Crippen LogP contribution in [0.1, 0.15) is 11.1 Å². The predicted molar refractivity (Wildman–Crippen MR) is 43.6 cm³/mol. The van der Waals surface area contributed by atoms with Crippen molar-refractivity contribution in [3.8, 4) is 5.75 Å². The number of rotatable bonds is 2. The first-order valence-electron chi connectivity index (χ1n) is 3.55. The van der Waals surface area contributed by atoms with Gasteiger partial charge in [-0.15, -0.1) is 0 Å². The first-order valence-corrected chi connectivity index (χ1v) is 3.55. The van der Waals surface area contributed by atoms with Crippen LogP contribution in [0, 0.1) is 13.8 Å². The highest BCUT2D eigenvalue weighted by Crippen LogP contribution is 2.17. The van der Waals surface area contributed by atoms with Crippen LogP contribution in [-0.4, -0.2) is 11.9 Å². The molecule has 0 heterocycles. The van der Waals surface area contributed by atoms with E-state index < -0.39 is 0 Å². The number of benzene rings is 1. The van der Waals surface area contributed by atoms with E-state index in [9.17, 15) is 0 Å². The zero-order chi connectivity index (χ0) is 8.27. The predicted octanol–water partition coefficient (Wildman–Crippen LogP) is 1.63. The van der Waals surface area contributed by atoms with Crippen LogP contribution in [0.5, 0.6) is 5.75 Å². The van der Waals surface area contributed by atoms with Crippen LogP contribution in [0.4, 0.5) is 0 Å². The highest BCUT2D eigenvalue weighted by Gasteiger charge is 1.96. The van der Waals surface area contributed by atoms with Gasteiger partial charge in [0.2, 0.25) is 0 Å². The molecular weight excluding hydrogens is 140 g/mol. The maximum absolute atomic E-state index is 8.49. The Bertz CT molecular complexity index is 243. The Labute approximate surface area is 66.4 Å². The SMILES string of the molecule is Cc1ccc(OCO)c(C)c1. The van der Waals surface area contributed by atoms with E-state index in [1.807, 2.05) is 32.0 Å². The van der Waals surface area contributed by atoms with Crippen molar-refractivity contribution in [3.05, 3.63) is 29.3 Å². The molecule has 0 aliphatic rings. The van der Waals surface area contributed by atoms with Gasteiger partial charge in [-0.05, 0) is 25.5 Å². The summed E-state index contributed by atoms with van der Waals surface area (Å²) in [5, 5.41) is 8.49. The third-order valence-corrected chi connectivity index (χ3v) is 1.55. The Morgan fingerprint density at radius 3 is 2.64 bits per heavy atom. The molecule has 0 saturated heterocycles. The normalized spacial score (nSPS) is 9.73. The molecule has 0 unspecified atom stereocenters. The maximum Gasteiger partial charge on any atom is 0.186 e. The van der Waals surface area contributed by atoms with E-state index in [1.54, 1.807) is 0 Å². The molecule has 1 N–H and O–H groups in total. The minimum absolute atomic E-state index is 0.260. The molecule has 0 atom stereocenters. The van der Waals surface area contributed by atoms with Gasteiger partial charge < -0.3 is 9.84 Å². The van der Waals surface area contributed by atoms with E-state index >= 15 is 0 Å². The second-order valence-corrected chi connectivity index (χ2v) is 2.54. The summed E-state index contributed by atoms with van der Waals surface area (Å²) in [6.07, 6.45) is 0. The zero-order valence-electron chi connectivity index (χ0n) is 6.79. The Kier molecular flexibility index (Phi) is 2.49. The summed E-state index contributed by atoms with van der Waals surface area (Å²) in [5.41, 5.74) is 2.26. The van der Waals surface area contributed by atoms with Crippen LogP contribution in [0.15, 0.2) is 18.2 Å². The van der Waals surface area contributed by atoms with E-state index in [-0.39, 0.29) is 6.79 Å². The fraction of sp³-hybridized carbons (Fsp3) is 0.333. The Balaban J connectivity index is 2.90. The average molecular weight is 152 g/mol. The number of hydrogen-bond acceptors (Lipinski definition) is 2. The van der Waals surface area contributed by atoms with E-state index in [0.29, 0.717) is 0 Å². The molecule has 0 saturated carbocycles. The van der Waals surface area contributed by atoms with Gasteiger partial charge in [0.1, 0.15) is 5.75 Å². The molecule has 2 heteroatoms. The minimum Gasteiger partial charge on any atom is -0.467 e. The molecule has 0 aromatic heterocycles. The quantitative estimate of drug-likeness (QED) is 0.653. The van der Waals surface area contributed by atoms with Gasteiger partial charge in [0.05, 0.1) is 0 Å². The zero-order valence-corrected chi connectivity index (χ0v) is 6.79. The standard InChI is InChI=1S/C9H12O2/c1-7-3-4-9(11-6-10)8(2)5-7/h3-5,10H,6H2,1-2H3. The molecule has 1 aromatic carbocycles. The molecule has 0 radical (unpaired) electrons. The first kappa shape index (κ1) is 8.08. The molecule has 0 aliphatic heterocycles. The number of ether oxygens (including phenoxy) is 1. The van der Waals surface area contributed by atoms with Crippen LogP contribution in [-0.2, 0) is 0 Å². The van der Waals surface area contributed by atoms with Crippen molar-refractivity contribution in [1.29, 1.82) is 0 Å². The van der Waals surface area contributed by atoms with Gasteiger partial charge in [-0.2, -0.15) is 0 Å². The lowest BCUT2D eigenvalue weighted by Gasteiger charge is -2.05. The van der Waals surface area contributed by atoms with E-state index in [4.69, 9.17) is 9.84 Å². The average Bonchev–Trinajstić information content (AvgIpc) is 1.95. The lowest BCUT2D eigenvalue weighted by molar-refractivity contribution is 0.0978. The fourth-order valence-corrected chi connectivity index (χ4v) is 1.03. The summed E-state index contributed by atoms with van der Waals surface area (Å²) in [5.74, 6) is 0.748. The third kappa shape index (κ3) is 1.95. The lowest BCUT2D eigenvalue weighted by Crippen LogP contribution is -1.96. The topological polar surface area (TPSA) is 29.5 Å². The van der Waals surface area contributed by atoms with Crippen molar-refractivity contribution in [2.45, 2.75) is 13.8 Å². The molecule has 11 heavy (non-hydrogen) atoms. The first-order chi connectivity index (χ1) is 5.24. The third-order valence-electron chi connectivity index (χ3n) is 1.55. The Hall–Kier alpha value is -1.02. The summed E-state index contributed by atoms with van der Waals surface area (Å²) in [4.78, 5) is 0. The lowest BCUT2D eigenvalue weighted by atomic mass is 10.1. The van der Waals surface area contributed by atoms with Crippen LogP contribution in [0.3, 0.4) is 0 Å². The van der Waals surface area contributed by atoms with Crippen molar-refractivity contribution < 1.29 is 9.84 Å². The highest BCUT2D eigenvalue weighted by molar-refractivity contribution is 5.35. The maximum atomic E-state index is 8.49. The molecule has 0 amide bonds. The van der Waals surface area contributed by atoms with Gasteiger partial charge in [-0.1, -0.05) is 17.7 Å². The van der Waals surface area contributed by atoms with Crippen LogP contribution < -0.4 is 4.74 Å². The van der Waals surface area contributed by atoms with Crippen molar-refractivity contribution >= 4 is 0 Å². The summed E-state index contributed by atoms with van der Waals surface area (Å²) < 4.78 is 4.95. The van der Waals surface area contributed by atoms with Crippen LogP contribution in [0.2, 0.25) is 0 Å². The van der Waals surface area contributed by atoms with E-state index in [0.717, 1.165) is 11.3 Å². The molecule has 0 aliphatic carbocycles. The van der Waals surface area contributed by atoms with Crippen molar-refractivity contribution in [3.63, 3.8) is 0 Å². The number of hydrogen-bond donors (Lipinski definition) is 1. The molecule has 2 nitrogen and oxygen atoms in total. The molecule has 1 aromatic rings. The van der Waals surface area contributed by atoms with Crippen LogP contribution >= 0.6 is 0 Å². The molecule has 1 rings (SSSR count). The summed E-state index contributed by atoms with van der Waals surface area (Å²) in [6, 6.07) is 5.84. The van der Waals surface area contributed by atoms with Crippen LogP contribution in [0.25, 0.3) is 0 Å².